The number of aromatic nitrogens is 1. The quantitative estimate of drug-likeness (QED) is 0.440. The minimum absolute atomic E-state index is 0.121. The maximum absolute atomic E-state index is 13.4. The third-order valence-corrected chi connectivity index (χ3v) is 5.35. The molecule has 0 radical (unpaired) electrons. The van der Waals surface area contributed by atoms with Crippen LogP contribution in [0, 0.1) is 5.82 Å². The first kappa shape index (κ1) is 21.3. The van der Waals surface area contributed by atoms with E-state index < -0.39 is 0 Å². The number of nitrogens with one attached hydrogen (secondary N) is 2. The first-order valence-electron chi connectivity index (χ1n) is 10.4. The summed E-state index contributed by atoms with van der Waals surface area (Å²) in [4.78, 5) is 29.8. The summed E-state index contributed by atoms with van der Waals surface area (Å²) < 4.78 is 13.4. The van der Waals surface area contributed by atoms with Gasteiger partial charge in [0.2, 0.25) is 5.91 Å². The van der Waals surface area contributed by atoms with E-state index in [4.69, 9.17) is 0 Å². The average Bonchev–Trinajstić information content (AvgIpc) is 3.16. The highest BCUT2D eigenvalue weighted by Gasteiger charge is 2.15. The van der Waals surface area contributed by atoms with E-state index in [1.807, 2.05) is 24.3 Å². The van der Waals surface area contributed by atoms with Crippen LogP contribution >= 0.6 is 0 Å². The average molecular weight is 429 g/mol. The van der Waals surface area contributed by atoms with Crippen molar-refractivity contribution in [2.45, 2.75) is 12.8 Å². The highest BCUT2D eigenvalue weighted by atomic mass is 19.1. The van der Waals surface area contributed by atoms with Crippen LogP contribution in [-0.2, 0) is 11.2 Å². The number of carbonyl (C=O) groups is 2. The molecule has 3 aromatic carbocycles. The third kappa shape index (κ3) is 4.54. The van der Waals surface area contributed by atoms with Gasteiger partial charge >= 0.3 is 0 Å². The molecule has 0 aliphatic heterocycles. The van der Waals surface area contributed by atoms with E-state index in [-0.39, 0.29) is 24.1 Å². The van der Waals surface area contributed by atoms with E-state index in [0.29, 0.717) is 17.7 Å². The Labute approximate surface area is 185 Å². The van der Waals surface area contributed by atoms with Crippen LogP contribution in [0.3, 0.4) is 0 Å². The molecule has 4 rings (SSSR count). The number of halogens is 1. The molecule has 4 aromatic rings. The van der Waals surface area contributed by atoms with Crippen LogP contribution in [0.2, 0.25) is 0 Å². The molecule has 1 aromatic heterocycles. The Morgan fingerprint density at radius 2 is 1.72 bits per heavy atom. The predicted octanol–water partition coefficient (Wildman–Crippen LogP) is 5.25. The summed E-state index contributed by atoms with van der Waals surface area (Å²) in [5, 5.41) is 3.92. The lowest BCUT2D eigenvalue weighted by Crippen LogP contribution is -2.22. The predicted molar refractivity (Wildman–Crippen MR) is 125 cm³/mol. The zero-order valence-electron chi connectivity index (χ0n) is 18.0. The highest BCUT2D eigenvalue weighted by molar-refractivity contribution is 5.97. The highest BCUT2D eigenvalue weighted by Crippen LogP contribution is 2.31. The van der Waals surface area contributed by atoms with Crippen LogP contribution in [0.5, 0.6) is 0 Å². The van der Waals surface area contributed by atoms with Crippen LogP contribution in [-0.4, -0.2) is 35.8 Å². The molecule has 0 saturated heterocycles. The number of H-pyrrole nitrogens is 1. The number of aromatic amines is 1. The van der Waals surface area contributed by atoms with Crippen molar-refractivity contribution >= 4 is 28.4 Å². The topological polar surface area (TPSA) is 65.2 Å². The number of para-hydroxylation sites is 1. The molecule has 0 saturated carbocycles. The molecule has 2 amide bonds. The van der Waals surface area contributed by atoms with Crippen LogP contribution in [0.15, 0.2) is 72.8 Å². The minimum atomic E-state index is -0.291. The Morgan fingerprint density at radius 3 is 2.47 bits per heavy atom. The number of rotatable bonds is 6. The molecule has 162 valence electrons. The zero-order valence-corrected chi connectivity index (χ0v) is 18.0. The third-order valence-electron chi connectivity index (χ3n) is 5.35. The van der Waals surface area contributed by atoms with Crippen LogP contribution in [0.4, 0.5) is 10.1 Å². The van der Waals surface area contributed by atoms with Gasteiger partial charge in [0, 0.05) is 48.4 Å². The number of fused-ring (bicyclic) bond motifs is 1. The second kappa shape index (κ2) is 9.06. The molecule has 0 atom stereocenters. The summed E-state index contributed by atoms with van der Waals surface area (Å²) in [6, 6.07) is 21.1. The van der Waals surface area contributed by atoms with Gasteiger partial charge in [0.1, 0.15) is 5.82 Å². The summed E-state index contributed by atoms with van der Waals surface area (Å²) in [6.07, 6.45) is 0.779. The Balaban J connectivity index is 1.54. The SMILES string of the molecule is CN(C)C(=O)c1cccc(NC(=O)CCc2c(-c3ccc(F)cc3)[nH]c3ccccc23)c1. The van der Waals surface area contributed by atoms with Crippen molar-refractivity contribution in [3.05, 3.63) is 89.7 Å². The number of anilines is 1. The molecular formula is C26H24FN3O2. The van der Waals surface area contributed by atoms with Gasteiger partial charge in [-0.05, 0) is 66.1 Å². The van der Waals surface area contributed by atoms with E-state index in [9.17, 15) is 14.0 Å². The molecule has 0 bridgehead atoms. The molecule has 5 nitrogen and oxygen atoms in total. The normalized spacial score (nSPS) is 10.8. The van der Waals surface area contributed by atoms with Gasteiger partial charge in [-0.3, -0.25) is 9.59 Å². The zero-order chi connectivity index (χ0) is 22.7. The number of amides is 2. The Morgan fingerprint density at radius 1 is 0.969 bits per heavy atom. The van der Waals surface area contributed by atoms with E-state index in [2.05, 4.69) is 10.3 Å². The van der Waals surface area contributed by atoms with E-state index in [1.165, 1.54) is 17.0 Å². The lowest BCUT2D eigenvalue weighted by molar-refractivity contribution is -0.116. The van der Waals surface area contributed by atoms with Gasteiger partial charge in [-0.1, -0.05) is 24.3 Å². The number of hydrogen-bond donors (Lipinski definition) is 2. The second-order valence-electron chi connectivity index (χ2n) is 7.86. The monoisotopic (exact) mass is 429 g/mol. The van der Waals surface area contributed by atoms with Crippen LogP contribution in [0.1, 0.15) is 22.3 Å². The first-order valence-corrected chi connectivity index (χ1v) is 10.4. The number of benzene rings is 3. The molecule has 0 fully saturated rings. The van der Waals surface area contributed by atoms with Crippen molar-refractivity contribution in [1.82, 2.24) is 9.88 Å². The number of nitrogens with zero attached hydrogens (tertiary/aromatic N) is 1. The fourth-order valence-electron chi connectivity index (χ4n) is 3.77. The summed E-state index contributed by atoms with van der Waals surface area (Å²) in [7, 11) is 3.38. The molecule has 1 heterocycles. The fourth-order valence-corrected chi connectivity index (χ4v) is 3.77. The van der Waals surface area contributed by atoms with Crippen LogP contribution in [0.25, 0.3) is 22.2 Å². The van der Waals surface area contributed by atoms with Gasteiger partial charge in [-0.25, -0.2) is 4.39 Å². The maximum atomic E-state index is 13.4. The number of carbonyl (C=O) groups excluding carboxylic acids is 2. The Hall–Kier alpha value is -3.93. The lowest BCUT2D eigenvalue weighted by Gasteiger charge is -2.12. The molecule has 0 spiro atoms. The Kier molecular flexibility index (Phi) is 6.03. The molecule has 0 unspecified atom stereocenters. The van der Waals surface area contributed by atoms with Gasteiger partial charge in [0.25, 0.3) is 5.91 Å². The van der Waals surface area contributed by atoms with E-state index in [1.54, 1.807) is 50.5 Å². The van der Waals surface area contributed by atoms with Gasteiger partial charge in [-0.15, -0.1) is 0 Å². The van der Waals surface area contributed by atoms with Crippen molar-refractivity contribution in [2.75, 3.05) is 19.4 Å². The summed E-state index contributed by atoms with van der Waals surface area (Å²) in [5.41, 5.74) is 4.84. The second-order valence-corrected chi connectivity index (χ2v) is 7.86. The summed E-state index contributed by atoms with van der Waals surface area (Å²) >= 11 is 0. The maximum Gasteiger partial charge on any atom is 0.253 e. The van der Waals surface area contributed by atoms with Crippen molar-refractivity contribution in [1.29, 1.82) is 0 Å². The molecule has 0 aliphatic carbocycles. The van der Waals surface area contributed by atoms with Crippen molar-refractivity contribution in [2.24, 2.45) is 0 Å². The molecule has 6 heteroatoms. The van der Waals surface area contributed by atoms with Gasteiger partial charge < -0.3 is 15.2 Å². The van der Waals surface area contributed by atoms with Crippen molar-refractivity contribution < 1.29 is 14.0 Å². The molecule has 2 N–H and O–H groups in total. The number of aryl methyl sites for hydroxylation is 1. The smallest absolute Gasteiger partial charge is 0.253 e. The Bertz CT molecular complexity index is 1280. The van der Waals surface area contributed by atoms with Crippen LogP contribution < -0.4 is 5.32 Å². The summed E-state index contributed by atoms with van der Waals surface area (Å²) in [5.74, 6) is -0.556. The molecule has 32 heavy (non-hydrogen) atoms. The van der Waals surface area contributed by atoms with Gasteiger partial charge in [0.15, 0.2) is 0 Å². The summed E-state index contributed by atoms with van der Waals surface area (Å²) in [6.45, 7) is 0. The number of hydrogen-bond acceptors (Lipinski definition) is 2. The van der Waals surface area contributed by atoms with Gasteiger partial charge in [-0.2, -0.15) is 0 Å². The minimum Gasteiger partial charge on any atom is -0.354 e. The van der Waals surface area contributed by atoms with E-state index in [0.717, 1.165) is 27.7 Å². The lowest BCUT2D eigenvalue weighted by atomic mass is 10.0. The molecule has 0 aliphatic rings. The van der Waals surface area contributed by atoms with Crippen molar-refractivity contribution in [3.63, 3.8) is 0 Å². The first-order chi connectivity index (χ1) is 15.4. The van der Waals surface area contributed by atoms with Crippen molar-refractivity contribution in [3.8, 4) is 11.3 Å². The largest absolute Gasteiger partial charge is 0.354 e. The standard InChI is InChI=1S/C26H24FN3O2/c1-30(2)26(32)18-6-5-7-20(16-18)28-24(31)15-14-22-21-8-3-4-9-23(21)29-25(22)17-10-12-19(27)13-11-17/h3-13,16,29H,14-15H2,1-2H3,(H,28,31). The van der Waals surface area contributed by atoms with Gasteiger partial charge in [0.05, 0.1) is 0 Å². The molecular weight excluding hydrogens is 405 g/mol. The van der Waals surface area contributed by atoms with E-state index >= 15 is 0 Å². The fraction of sp³-hybridized carbons (Fsp3) is 0.154.